The Morgan fingerprint density at radius 2 is 2.16 bits per heavy atom. The lowest BCUT2D eigenvalue weighted by Gasteiger charge is -2.28. The monoisotopic (exact) mass is 372 g/mol. The van der Waals surface area contributed by atoms with Gasteiger partial charge in [-0.1, -0.05) is 13.8 Å². The zero-order chi connectivity index (χ0) is 18.4. The van der Waals surface area contributed by atoms with Gasteiger partial charge in [0.05, 0.1) is 31.7 Å². The summed E-state index contributed by atoms with van der Waals surface area (Å²) >= 11 is 0. The number of carbonyl (C=O) groups excluding carboxylic acids is 1. The smallest absolute Gasteiger partial charge is 0.238 e. The Morgan fingerprint density at radius 1 is 1.40 bits per heavy atom. The average Bonchev–Trinajstić information content (AvgIpc) is 3.17. The highest BCUT2D eigenvalue weighted by atomic mass is 32.2. The first-order chi connectivity index (χ1) is 11.8. The Labute approximate surface area is 150 Å². The van der Waals surface area contributed by atoms with Gasteiger partial charge in [0, 0.05) is 19.7 Å². The first-order valence-corrected chi connectivity index (χ1v) is 10.5. The van der Waals surface area contributed by atoms with Crippen molar-refractivity contribution in [3.05, 3.63) is 24.2 Å². The van der Waals surface area contributed by atoms with Crippen molar-refractivity contribution in [2.24, 2.45) is 5.92 Å². The van der Waals surface area contributed by atoms with Crippen LogP contribution in [-0.4, -0.2) is 62.1 Å². The van der Waals surface area contributed by atoms with Crippen LogP contribution in [0.3, 0.4) is 0 Å². The molecular weight excluding hydrogens is 344 g/mol. The summed E-state index contributed by atoms with van der Waals surface area (Å²) < 4.78 is 36.2. The SMILES string of the molecule is CC(C)CN(CC(=O)N(Cc1ccco1)C[C@@H]1CCCO1)S(C)(=O)=O. The van der Waals surface area contributed by atoms with E-state index in [0.29, 0.717) is 32.0 Å². The molecule has 2 heterocycles. The summed E-state index contributed by atoms with van der Waals surface area (Å²) in [5, 5.41) is 0. The standard InChI is InChI=1S/C17H28N2O5S/c1-14(2)10-19(25(3,21)22)13-17(20)18(11-15-6-4-8-23-15)12-16-7-5-9-24-16/h4,6,8,14,16H,5,7,9-13H2,1-3H3/t16-/m0/s1. The first-order valence-electron chi connectivity index (χ1n) is 8.62. The molecule has 0 bridgehead atoms. The molecule has 0 aliphatic carbocycles. The van der Waals surface area contributed by atoms with Crippen molar-refractivity contribution < 1.29 is 22.4 Å². The summed E-state index contributed by atoms with van der Waals surface area (Å²) in [7, 11) is -3.45. The van der Waals surface area contributed by atoms with Gasteiger partial charge in [-0.05, 0) is 30.9 Å². The predicted octanol–water partition coefficient (Wildman–Crippen LogP) is 1.70. The molecule has 1 aliphatic heterocycles. The van der Waals surface area contributed by atoms with Crippen LogP contribution >= 0.6 is 0 Å². The Hall–Kier alpha value is -1.38. The maximum atomic E-state index is 12.8. The number of carbonyl (C=O) groups is 1. The third-order valence-corrected chi connectivity index (χ3v) is 5.29. The topological polar surface area (TPSA) is 80.1 Å². The summed E-state index contributed by atoms with van der Waals surface area (Å²) in [4.78, 5) is 14.5. The molecule has 7 nitrogen and oxygen atoms in total. The largest absolute Gasteiger partial charge is 0.467 e. The number of nitrogens with zero attached hydrogens (tertiary/aromatic N) is 2. The van der Waals surface area contributed by atoms with Crippen LogP contribution in [0.1, 0.15) is 32.4 Å². The molecule has 0 unspecified atom stereocenters. The molecule has 2 rings (SSSR count). The quantitative estimate of drug-likeness (QED) is 0.659. The lowest BCUT2D eigenvalue weighted by Crippen LogP contribution is -2.45. The zero-order valence-corrected chi connectivity index (χ0v) is 16.0. The van der Waals surface area contributed by atoms with Crippen LogP contribution in [0.4, 0.5) is 0 Å². The van der Waals surface area contributed by atoms with Crippen LogP contribution < -0.4 is 0 Å². The van der Waals surface area contributed by atoms with Crippen molar-refractivity contribution in [3.8, 4) is 0 Å². The highest BCUT2D eigenvalue weighted by Gasteiger charge is 2.27. The maximum absolute atomic E-state index is 12.8. The molecule has 1 amide bonds. The Balaban J connectivity index is 2.08. The molecule has 1 atom stereocenters. The van der Waals surface area contributed by atoms with Gasteiger partial charge in [-0.25, -0.2) is 8.42 Å². The molecule has 0 N–H and O–H groups in total. The zero-order valence-electron chi connectivity index (χ0n) is 15.2. The molecule has 1 aliphatic rings. The Kier molecular flexibility index (Phi) is 7.04. The minimum absolute atomic E-state index is 0.00399. The summed E-state index contributed by atoms with van der Waals surface area (Å²) in [6, 6.07) is 3.57. The molecule has 1 saturated heterocycles. The third-order valence-electron chi connectivity index (χ3n) is 4.08. The molecule has 1 aromatic heterocycles. The molecule has 8 heteroatoms. The van der Waals surface area contributed by atoms with Gasteiger partial charge in [-0.2, -0.15) is 4.31 Å². The van der Waals surface area contributed by atoms with Crippen LogP contribution in [0, 0.1) is 5.92 Å². The molecule has 25 heavy (non-hydrogen) atoms. The van der Waals surface area contributed by atoms with Crippen molar-refractivity contribution in [1.29, 1.82) is 0 Å². The number of sulfonamides is 1. The van der Waals surface area contributed by atoms with Gasteiger partial charge < -0.3 is 14.1 Å². The molecule has 0 aromatic carbocycles. The summed E-state index contributed by atoms with van der Waals surface area (Å²) in [6.45, 7) is 5.47. The average molecular weight is 372 g/mol. The first kappa shape index (κ1) is 19.9. The van der Waals surface area contributed by atoms with Gasteiger partial charge in [0.2, 0.25) is 15.9 Å². The molecule has 0 saturated carbocycles. The van der Waals surface area contributed by atoms with E-state index in [-0.39, 0.29) is 24.5 Å². The molecule has 1 fully saturated rings. The second kappa shape index (κ2) is 8.82. The van der Waals surface area contributed by atoms with Crippen molar-refractivity contribution in [1.82, 2.24) is 9.21 Å². The van der Waals surface area contributed by atoms with Crippen molar-refractivity contribution in [2.45, 2.75) is 39.3 Å². The van der Waals surface area contributed by atoms with Gasteiger partial charge in [0.25, 0.3) is 0 Å². The predicted molar refractivity (Wildman–Crippen MR) is 94.4 cm³/mol. The summed E-state index contributed by atoms with van der Waals surface area (Å²) in [5.41, 5.74) is 0. The Morgan fingerprint density at radius 3 is 2.68 bits per heavy atom. The second-order valence-corrected chi connectivity index (χ2v) is 8.92. The normalized spacial score (nSPS) is 18.2. The molecular formula is C17H28N2O5S. The van der Waals surface area contributed by atoms with Crippen LogP contribution in [-0.2, 0) is 26.1 Å². The number of ether oxygens (including phenoxy) is 1. The molecule has 142 valence electrons. The van der Waals surface area contributed by atoms with Crippen molar-refractivity contribution >= 4 is 15.9 Å². The van der Waals surface area contributed by atoms with E-state index in [4.69, 9.17) is 9.15 Å². The lowest BCUT2D eigenvalue weighted by molar-refractivity contribution is -0.134. The number of hydrogen-bond acceptors (Lipinski definition) is 5. The van der Waals surface area contributed by atoms with E-state index in [1.807, 2.05) is 13.8 Å². The molecule has 1 aromatic rings. The van der Waals surface area contributed by atoms with Crippen LogP contribution in [0.25, 0.3) is 0 Å². The fourth-order valence-corrected chi connectivity index (χ4v) is 3.77. The van der Waals surface area contributed by atoms with Crippen LogP contribution in [0.2, 0.25) is 0 Å². The van der Waals surface area contributed by atoms with E-state index >= 15 is 0 Å². The van der Waals surface area contributed by atoms with Crippen LogP contribution in [0.15, 0.2) is 22.8 Å². The van der Waals surface area contributed by atoms with Crippen molar-refractivity contribution in [3.63, 3.8) is 0 Å². The highest BCUT2D eigenvalue weighted by Crippen LogP contribution is 2.16. The maximum Gasteiger partial charge on any atom is 0.238 e. The van der Waals surface area contributed by atoms with E-state index in [0.717, 1.165) is 19.1 Å². The minimum Gasteiger partial charge on any atom is -0.467 e. The molecule has 0 spiro atoms. The van der Waals surface area contributed by atoms with Gasteiger partial charge in [-0.15, -0.1) is 0 Å². The fraction of sp³-hybridized carbons (Fsp3) is 0.706. The number of rotatable bonds is 9. The summed E-state index contributed by atoms with van der Waals surface area (Å²) in [6.07, 6.45) is 4.58. The van der Waals surface area contributed by atoms with Gasteiger partial charge in [0.15, 0.2) is 0 Å². The minimum atomic E-state index is -3.45. The van der Waals surface area contributed by atoms with Crippen LogP contribution in [0.5, 0.6) is 0 Å². The number of hydrogen-bond donors (Lipinski definition) is 0. The fourth-order valence-electron chi connectivity index (χ4n) is 2.85. The number of amides is 1. The van der Waals surface area contributed by atoms with E-state index in [1.54, 1.807) is 23.3 Å². The Bertz CT molecular complexity index is 636. The van der Waals surface area contributed by atoms with E-state index in [2.05, 4.69) is 0 Å². The molecule has 0 radical (unpaired) electrons. The second-order valence-electron chi connectivity index (χ2n) is 6.94. The van der Waals surface area contributed by atoms with Gasteiger partial charge in [0.1, 0.15) is 5.76 Å². The van der Waals surface area contributed by atoms with E-state index in [1.165, 1.54) is 4.31 Å². The third kappa shape index (κ3) is 6.45. The number of furan rings is 1. The van der Waals surface area contributed by atoms with Gasteiger partial charge in [-0.3, -0.25) is 4.79 Å². The van der Waals surface area contributed by atoms with Crippen molar-refractivity contribution in [2.75, 3.05) is 32.5 Å². The summed E-state index contributed by atoms with van der Waals surface area (Å²) in [5.74, 6) is 0.568. The highest BCUT2D eigenvalue weighted by molar-refractivity contribution is 7.88. The van der Waals surface area contributed by atoms with E-state index < -0.39 is 10.0 Å². The van der Waals surface area contributed by atoms with Gasteiger partial charge >= 0.3 is 0 Å². The van der Waals surface area contributed by atoms with E-state index in [9.17, 15) is 13.2 Å². The lowest BCUT2D eigenvalue weighted by atomic mass is 10.2.